The lowest BCUT2D eigenvalue weighted by molar-refractivity contribution is -0.123. The van der Waals surface area contributed by atoms with Crippen LogP contribution in [0, 0.1) is 13.8 Å². The Morgan fingerprint density at radius 3 is 2.52 bits per heavy atom. The van der Waals surface area contributed by atoms with E-state index in [2.05, 4.69) is 15.9 Å². The van der Waals surface area contributed by atoms with Crippen molar-refractivity contribution >= 4 is 17.5 Å². The van der Waals surface area contributed by atoms with Gasteiger partial charge in [-0.05, 0) is 48.7 Å². The number of carbonyl (C=O) groups excluding carboxylic acids is 2. The number of fused-ring (bicyclic) bond motifs is 1. The van der Waals surface area contributed by atoms with Gasteiger partial charge >= 0.3 is 0 Å². The fourth-order valence-corrected chi connectivity index (χ4v) is 4.65. The molecule has 5 rings (SSSR count). The van der Waals surface area contributed by atoms with Crippen LogP contribution in [0.1, 0.15) is 23.1 Å². The third kappa shape index (κ3) is 3.79. The zero-order valence-electron chi connectivity index (χ0n) is 18.0. The third-order valence-electron chi connectivity index (χ3n) is 6.42. The molecule has 31 heavy (non-hydrogen) atoms. The number of hydrogen-bond acceptors (Lipinski definition) is 6. The van der Waals surface area contributed by atoms with Crippen molar-refractivity contribution in [1.82, 2.24) is 9.80 Å². The molecule has 2 saturated heterocycles. The van der Waals surface area contributed by atoms with Gasteiger partial charge in [-0.25, -0.2) is 4.90 Å². The topological polar surface area (TPSA) is 62.3 Å². The zero-order valence-corrected chi connectivity index (χ0v) is 18.0. The summed E-state index contributed by atoms with van der Waals surface area (Å²) < 4.78 is 10.9. The van der Waals surface area contributed by atoms with Gasteiger partial charge in [0.15, 0.2) is 11.5 Å². The van der Waals surface area contributed by atoms with Crippen LogP contribution < -0.4 is 14.4 Å². The van der Waals surface area contributed by atoms with E-state index in [1.165, 1.54) is 10.5 Å². The average molecular weight is 421 g/mol. The maximum atomic E-state index is 13.2. The first-order valence-corrected chi connectivity index (χ1v) is 10.8. The highest BCUT2D eigenvalue weighted by atomic mass is 16.7. The molecule has 3 aliphatic heterocycles. The van der Waals surface area contributed by atoms with E-state index in [0.717, 1.165) is 61.0 Å². The molecule has 2 aromatic rings. The molecule has 7 heteroatoms. The van der Waals surface area contributed by atoms with Crippen molar-refractivity contribution in [1.29, 1.82) is 0 Å². The van der Waals surface area contributed by atoms with Gasteiger partial charge in [-0.1, -0.05) is 18.2 Å². The SMILES string of the molecule is Cc1ccc(C)c(N2C(=O)C[C@@H](N3CCN(Cc4ccc5c(c4)OCO5)CC3)C2=O)c1. The minimum Gasteiger partial charge on any atom is -0.454 e. The smallest absolute Gasteiger partial charge is 0.251 e. The predicted octanol–water partition coefficient (Wildman–Crippen LogP) is 2.48. The van der Waals surface area contributed by atoms with Crippen LogP contribution in [0.25, 0.3) is 0 Å². The van der Waals surface area contributed by atoms with Crippen LogP contribution in [0.5, 0.6) is 11.5 Å². The Balaban J connectivity index is 1.22. The van der Waals surface area contributed by atoms with Gasteiger partial charge in [-0.15, -0.1) is 0 Å². The van der Waals surface area contributed by atoms with Gasteiger partial charge in [0.05, 0.1) is 18.2 Å². The lowest BCUT2D eigenvalue weighted by atomic mass is 10.1. The lowest BCUT2D eigenvalue weighted by Gasteiger charge is -2.37. The second-order valence-corrected chi connectivity index (χ2v) is 8.58. The summed E-state index contributed by atoms with van der Waals surface area (Å²) >= 11 is 0. The molecule has 0 bridgehead atoms. The van der Waals surface area contributed by atoms with Crippen LogP contribution in [0.3, 0.4) is 0 Å². The Morgan fingerprint density at radius 2 is 1.71 bits per heavy atom. The highest BCUT2D eigenvalue weighted by Gasteiger charge is 2.43. The van der Waals surface area contributed by atoms with E-state index in [1.54, 1.807) is 0 Å². The second-order valence-electron chi connectivity index (χ2n) is 8.58. The summed E-state index contributed by atoms with van der Waals surface area (Å²) in [5, 5.41) is 0. The molecule has 2 amide bonds. The number of aryl methyl sites for hydroxylation is 2. The molecule has 3 heterocycles. The van der Waals surface area contributed by atoms with E-state index in [4.69, 9.17) is 9.47 Å². The van der Waals surface area contributed by atoms with Gasteiger partial charge in [0.25, 0.3) is 5.91 Å². The standard InChI is InChI=1S/C24H27N3O4/c1-16-3-4-17(2)19(11-16)27-23(28)13-20(24(27)29)26-9-7-25(8-10-26)14-18-5-6-21-22(12-18)31-15-30-21/h3-6,11-12,20H,7-10,13-15H2,1-2H3/t20-/m1/s1. The maximum absolute atomic E-state index is 13.2. The van der Waals surface area contributed by atoms with Crippen LogP contribution in [0.4, 0.5) is 5.69 Å². The van der Waals surface area contributed by atoms with Crippen LogP contribution >= 0.6 is 0 Å². The van der Waals surface area contributed by atoms with E-state index in [0.29, 0.717) is 0 Å². The van der Waals surface area contributed by atoms with Crippen molar-refractivity contribution in [3.63, 3.8) is 0 Å². The molecular weight excluding hydrogens is 394 g/mol. The molecule has 0 radical (unpaired) electrons. The average Bonchev–Trinajstić information content (AvgIpc) is 3.34. The van der Waals surface area contributed by atoms with Gasteiger partial charge in [-0.2, -0.15) is 0 Å². The first-order valence-electron chi connectivity index (χ1n) is 10.8. The largest absolute Gasteiger partial charge is 0.454 e. The Bertz CT molecular complexity index is 1030. The van der Waals surface area contributed by atoms with Crippen molar-refractivity contribution in [3.05, 3.63) is 53.1 Å². The molecule has 1 atom stereocenters. The van der Waals surface area contributed by atoms with Gasteiger partial charge in [-0.3, -0.25) is 19.4 Å². The van der Waals surface area contributed by atoms with Gasteiger partial charge in [0.1, 0.15) is 0 Å². The molecule has 2 fully saturated rings. The number of imide groups is 1. The van der Waals surface area contributed by atoms with E-state index < -0.39 is 0 Å². The lowest BCUT2D eigenvalue weighted by Crippen LogP contribution is -2.52. The van der Waals surface area contributed by atoms with Crippen molar-refractivity contribution < 1.29 is 19.1 Å². The predicted molar refractivity (Wildman–Crippen MR) is 116 cm³/mol. The monoisotopic (exact) mass is 421 g/mol. The Hall–Kier alpha value is -2.90. The van der Waals surface area contributed by atoms with Crippen molar-refractivity contribution in [2.24, 2.45) is 0 Å². The number of rotatable bonds is 4. The van der Waals surface area contributed by atoms with Crippen LogP contribution in [0.2, 0.25) is 0 Å². The molecule has 0 N–H and O–H groups in total. The number of ether oxygens (including phenoxy) is 2. The van der Waals surface area contributed by atoms with Crippen molar-refractivity contribution in [2.45, 2.75) is 32.9 Å². The number of nitrogens with zero attached hydrogens (tertiary/aromatic N) is 3. The highest BCUT2D eigenvalue weighted by Crippen LogP contribution is 2.33. The quantitative estimate of drug-likeness (QED) is 0.707. The summed E-state index contributed by atoms with van der Waals surface area (Å²) in [6.07, 6.45) is 0.258. The minimum atomic E-state index is -0.361. The maximum Gasteiger partial charge on any atom is 0.251 e. The summed E-state index contributed by atoms with van der Waals surface area (Å²) in [6.45, 7) is 8.29. The van der Waals surface area contributed by atoms with E-state index in [1.807, 2.05) is 44.2 Å². The van der Waals surface area contributed by atoms with E-state index >= 15 is 0 Å². The number of piperazine rings is 1. The molecule has 3 aliphatic rings. The number of hydrogen-bond donors (Lipinski definition) is 0. The molecule has 2 aromatic carbocycles. The normalized spacial score (nSPS) is 21.9. The number of benzene rings is 2. The molecule has 7 nitrogen and oxygen atoms in total. The van der Waals surface area contributed by atoms with Crippen LogP contribution in [-0.4, -0.2) is 60.6 Å². The number of carbonyl (C=O) groups is 2. The summed E-state index contributed by atoms with van der Waals surface area (Å²) in [5.74, 6) is 1.40. The number of amides is 2. The molecule has 0 aromatic heterocycles. The zero-order chi connectivity index (χ0) is 21.5. The first-order chi connectivity index (χ1) is 15.0. The van der Waals surface area contributed by atoms with Crippen molar-refractivity contribution in [2.75, 3.05) is 37.9 Å². The summed E-state index contributed by atoms with van der Waals surface area (Å²) in [6, 6.07) is 11.6. The van der Waals surface area contributed by atoms with Crippen LogP contribution in [-0.2, 0) is 16.1 Å². The van der Waals surface area contributed by atoms with Crippen LogP contribution in [0.15, 0.2) is 36.4 Å². The Labute approximate surface area is 182 Å². The molecule has 0 aliphatic carbocycles. The molecule has 0 spiro atoms. The van der Waals surface area contributed by atoms with Crippen molar-refractivity contribution in [3.8, 4) is 11.5 Å². The molecule has 0 unspecified atom stereocenters. The summed E-state index contributed by atoms with van der Waals surface area (Å²) in [7, 11) is 0. The summed E-state index contributed by atoms with van der Waals surface area (Å²) in [5.41, 5.74) is 3.90. The summed E-state index contributed by atoms with van der Waals surface area (Å²) in [4.78, 5) is 31.9. The fourth-order valence-electron chi connectivity index (χ4n) is 4.65. The molecule has 0 saturated carbocycles. The number of anilines is 1. The minimum absolute atomic E-state index is 0.0945. The Morgan fingerprint density at radius 1 is 0.935 bits per heavy atom. The van der Waals surface area contributed by atoms with Gasteiger partial charge < -0.3 is 9.47 Å². The second kappa shape index (κ2) is 7.98. The molecular formula is C24H27N3O4. The fraction of sp³-hybridized carbons (Fsp3) is 0.417. The first kappa shape index (κ1) is 20.0. The Kier molecular flexibility index (Phi) is 5.16. The van der Waals surface area contributed by atoms with E-state index in [-0.39, 0.29) is 31.1 Å². The van der Waals surface area contributed by atoms with Gasteiger partial charge in [0, 0.05) is 32.7 Å². The third-order valence-corrected chi connectivity index (χ3v) is 6.42. The highest BCUT2D eigenvalue weighted by molar-refractivity contribution is 6.22. The van der Waals surface area contributed by atoms with E-state index in [9.17, 15) is 9.59 Å². The molecule has 162 valence electrons. The van der Waals surface area contributed by atoms with Gasteiger partial charge in [0.2, 0.25) is 12.7 Å².